The molecule has 0 aromatic carbocycles. The molecule has 0 saturated carbocycles. The number of imidazole rings is 1. The van der Waals surface area contributed by atoms with Gasteiger partial charge in [0.05, 0.1) is 0 Å². The highest BCUT2D eigenvalue weighted by molar-refractivity contribution is 7.98. The van der Waals surface area contributed by atoms with E-state index in [4.69, 9.17) is 12.2 Å². The zero-order valence-electron chi connectivity index (χ0n) is 11.5. The van der Waals surface area contributed by atoms with Gasteiger partial charge in [-0.25, -0.2) is 9.78 Å². The molecule has 108 valence electrons. The van der Waals surface area contributed by atoms with E-state index in [1.165, 1.54) is 9.13 Å². The van der Waals surface area contributed by atoms with Gasteiger partial charge < -0.3 is 4.98 Å². The van der Waals surface area contributed by atoms with Crippen LogP contribution in [0, 0.1) is 4.64 Å². The van der Waals surface area contributed by atoms with Gasteiger partial charge in [-0.3, -0.25) is 14.1 Å². The highest BCUT2D eigenvalue weighted by Gasteiger charge is 2.11. The first kappa shape index (κ1) is 14.0. The molecule has 0 unspecified atom stereocenters. The van der Waals surface area contributed by atoms with Crippen LogP contribution < -0.4 is 5.69 Å². The van der Waals surface area contributed by atoms with Crippen LogP contribution in [-0.2, 0) is 19.8 Å². The fraction of sp³-hybridized carbons (Fsp3) is 0.231. The van der Waals surface area contributed by atoms with E-state index in [1.54, 1.807) is 38.3 Å². The van der Waals surface area contributed by atoms with E-state index < -0.39 is 0 Å². The maximum absolute atomic E-state index is 12.0. The summed E-state index contributed by atoms with van der Waals surface area (Å²) in [6, 6.07) is 3.92. The summed E-state index contributed by atoms with van der Waals surface area (Å²) in [5.74, 6) is 0.773. The lowest BCUT2D eigenvalue weighted by Gasteiger charge is -2.02. The molecule has 3 heterocycles. The van der Waals surface area contributed by atoms with E-state index in [1.807, 2.05) is 12.1 Å². The summed E-state index contributed by atoms with van der Waals surface area (Å²) in [5.41, 5.74) is 2.28. The number of aromatic nitrogens is 5. The first-order valence-corrected chi connectivity index (χ1v) is 7.64. The van der Waals surface area contributed by atoms with Gasteiger partial charge in [-0.1, -0.05) is 24.0 Å². The summed E-state index contributed by atoms with van der Waals surface area (Å²) in [6.07, 6.45) is 3.53. The maximum Gasteiger partial charge on any atom is 0.330 e. The van der Waals surface area contributed by atoms with Crippen molar-refractivity contribution in [2.24, 2.45) is 14.1 Å². The molecule has 8 heteroatoms. The summed E-state index contributed by atoms with van der Waals surface area (Å²) < 4.78 is 3.40. The predicted molar refractivity (Wildman–Crippen MR) is 84.9 cm³/mol. The van der Waals surface area contributed by atoms with E-state index in [-0.39, 0.29) is 5.69 Å². The van der Waals surface area contributed by atoms with Crippen molar-refractivity contribution in [2.45, 2.75) is 10.9 Å². The number of hydrogen-bond donors (Lipinski definition) is 1. The number of aryl methyl sites for hydroxylation is 1. The molecule has 3 rings (SSSR count). The Morgan fingerprint density at radius 2 is 2.00 bits per heavy atom. The average Bonchev–Trinajstić information content (AvgIpc) is 2.94. The number of nitrogens with one attached hydrogen (secondary N) is 1. The first-order chi connectivity index (χ1) is 10.1. The van der Waals surface area contributed by atoms with Crippen molar-refractivity contribution in [3.05, 3.63) is 45.2 Å². The Morgan fingerprint density at radius 1 is 1.29 bits per heavy atom. The molecule has 0 aliphatic carbocycles. The van der Waals surface area contributed by atoms with E-state index in [2.05, 4.69) is 15.0 Å². The molecule has 0 atom stereocenters. The fourth-order valence-electron chi connectivity index (χ4n) is 2.00. The Morgan fingerprint density at radius 3 is 2.71 bits per heavy atom. The number of nitrogens with zero attached hydrogens (tertiary/aromatic N) is 4. The van der Waals surface area contributed by atoms with Gasteiger partial charge in [-0.2, -0.15) is 0 Å². The molecule has 0 fully saturated rings. The second-order valence-corrected chi connectivity index (χ2v) is 5.94. The summed E-state index contributed by atoms with van der Waals surface area (Å²) in [7, 11) is 3.35. The van der Waals surface area contributed by atoms with Crippen LogP contribution in [0.3, 0.4) is 0 Å². The number of aromatic amines is 1. The van der Waals surface area contributed by atoms with Crippen LogP contribution in [0.4, 0.5) is 0 Å². The summed E-state index contributed by atoms with van der Waals surface area (Å²) in [4.78, 5) is 23.6. The number of rotatable bonds is 3. The van der Waals surface area contributed by atoms with Crippen molar-refractivity contribution in [1.82, 2.24) is 24.1 Å². The van der Waals surface area contributed by atoms with E-state index >= 15 is 0 Å². The molecular formula is C13H13N5OS2. The van der Waals surface area contributed by atoms with Crippen LogP contribution in [0.25, 0.3) is 11.2 Å². The smallest absolute Gasteiger partial charge is 0.329 e. The highest BCUT2D eigenvalue weighted by atomic mass is 32.2. The van der Waals surface area contributed by atoms with Crippen molar-refractivity contribution in [2.75, 3.05) is 0 Å². The van der Waals surface area contributed by atoms with Gasteiger partial charge in [0.1, 0.15) is 10.2 Å². The average molecular weight is 319 g/mol. The van der Waals surface area contributed by atoms with Gasteiger partial charge in [0.2, 0.25) is 0 Å². The molecule has 0 aliphatic heterocycles. The third-order valence-electron chi connectivity index (χ3n) is 3.20. The molecule has 0 radical (unpaired) electrons. The zero-order chi connectivity index (χ0) is 15.0. The van der Waals surface area contributed by atoms with Gasteiger partial charge in [0.15, 0.2) is 10.8 Å². The number of hydrogen-bond acceptors (Lipinski definition) is 5. The molecule has 21 heavy (non-hydrogen) atoms. The molecule has 0 aliphatic rings. The number of fused-ring (bicyclic) bond motifs is 1. The molecule has 0 saturated heterocycles. The SMILES string of the molecule is Cn1c(=S)c2[nH]c(SCc3ccncc3)nc2n(C)c1=O. The van der Waals surface area contributed by atoms with Crippen molar-refractivity contribution in [1.29, 1.82) is 0 Å². The largest absolute Gasteiger partial charge is 0.330 e. The summed E-state index contributed by atoms with van der Waals surface area (Å²) in [5, 5.41) is 0.745. The monoisotopic (exact) mass is 319 g/mol. The number of thioether (sulfide) groups is 1. The Kier molecular flexibility index (Phi) is 3.64. The molecular weight excluding hydrogens is 306 g/mol. The van der Waals surface area contributed by atoms with Crippen LogP contribution in [0.5, 0.6) is 0 Å². The quantitative estimate of drug-likeness (QED) is 0.591. The molecule has 0 amide bonds. The van der Waals surface area contributed by atoms with E-state index in [0.29, 0.717) is 15.8 Å². The third kappa shape index (κ3) is 2.52. The van der Waals surface area contributed by atoms with Crippen LogP contribution in [-0.4, -0.2) is 24.1 Å². The lowest BCUT2D eigenvalue weighted by Crippen LogP contribution is -2.27. The van der Waals surface area contributed by atoms with Gasteiger partial charge in [0, 0.05) is 32.2 Å². The first-order valence-electron chi connectivity index (χ1n) is 6.25. The van der Waals surface area contributed by atoms with Crippen LogP contribution >= 0.6 is 24.0 Å². The Bertz CT molecular complexity index is 910. The molecule has 1 N–H and O–H groups in total. The van der Waals surface area contributed by atoms with Gasteiger partial charge in [0.25, 0.3) is 0 Å². The molecule has 0 bridgehead atoms. The van der Waals surface area contributed by atoms with E-state index in [9.17, 15) is 4.79 Å². The minimum absolute atomic E-state index is 0.176. The zero-order valence-corrected chi connectivity index (χ0v) is 13.2. The second kappa shape index (κ2) is 5.45. The predicted octanol–water partition coefficient (Wildman–Crippen LogP) is 2.02. The van der Waals surface area contributed by atoms with E-state index in [0.717, 1.165) is 16.5 Å². The van der Waals surface area contributed by atoms with Crippen molar-refractivity contribution >= 4 is 35.1 Å². The van der Waals surface area contributed by atoms with Crippen molar-refractivity contribution < 1.29 is 0 Å². The van der Waals surface area contributed by atoms with Crippen molar-refractivity contribution in [3.8, 4) is 0 Å². The van der Waals surface area contributed by atoms with Gasteiger partial charge in [-0.05, 0) is 17.7 Å². The lowest BCUT2D eigenvalue weighted by molar-refractivity contribution is 0.721. The van der Waals surface area contributed by atoms with Gasteiger partial charge in [-0.15, -0.1) is 0 Å². The molecule has 0 spiro atoms. The maximum atomic E-state index is 12.0. The summed E-state index contributed by atoms with van der Waals surface area (Å²) in [6.45, 7) is 0. The molecule has 3 aromatic heterocycles. The van der Waals surface area contributed by atoms with Crippen LogP contribution in [0.15, 0.2) is 34.5 Å². The summed E-state index contributed by atoms with van der Waals surface area (Å²) >= 11 is 6.86. The molecule has 3 aromatic rings. The molecule has 6 nitrogen and oxygen atoms in total. The normalized spacial score (nSPS) is 11.1. The van der Waals surface area contributed by atoms with Crippen LogP contribution in [0.2, 0.25) is 0 Å². The fourth-order valence-corrected chi connectivity index (χ4v) is 3.05. The minimum Gasteiger partial charge on any atom is -0.329 e. The number of H-pyrrole nitrogens is 1. The second-order valence-electron chi connectivity index (χ2n) is 4.59. The minimum atomic E-state index is -0.176. The third-order valence-corrected chi connectivity index (χ3v) is 4.62. The van der Waals surface area contributed by atoms with Crippen LogP contribution in [0.1, 0.15) is 5.56 Å². The Labute approximate surface area is 129 Å². The van der Waals surface area contributed by atoms with Crippen molar-refractivity contribution in [3.63, 3.8) is 0 Å². The Hall–Kier alpha value is -1.93. The van der Waals surface area contributed by atoms with Gasteiger partial charge >= 0.3 is 5.69 Å². The standard InChI is InChI=1S/C13H13N5OS2/c1-17-10-9(11(20)18(2)13(17)19)15-12(16-10)21-7-8-3-5-14-6-4-8/h3-6H,7H2,1-2H3,(H,15,16). The highest BCUT2D eigenvalue weighted by Crippen LogP contribution is 2.22. The Balaban J connectivity index is 1.99. The number of pyridine rings is 1. The topological polar surface area (TPSA) is 68.5 Å². The lowest BCUT2D eigenvalue weighted by atomic mass is 10.3.